The highest BCUT2D eigenvalue weighted by molar-refractivity contribution is 5.61. The van der Waals surface area contributed by atoms with E-state index < -0.39 is 16.4 Å². The van der Waals surface area contributed by atoms with Crippen LogP contribution in [0, 0.1) is 28.4 Å². The predicted molar refractivity (Wildman–Crippen MR) is 108 cm³/mol. The molecule has 0 fully saturated rings. The van der Waals surface area contributed by atoms with Gasteiger partial charge in [-0.2, -0.15) is 5.26 Å². The standard InChI is InChI=1S/C20H17N5O6/c1-3-30-13-6-7-16(17(9-13)25(28)29)22-23-18-12(2)15(10-21)19(26)24(20(18)27)11-14-5-4-8-31-14/h4-9,26H,3,11H2,1-2H3. The summed E-state index contributed by atoms with van der Waals surface area (Å²) in [5.41, 5.74) is -1.50. The largest absolute Gasteiger partial charge is 0.494 e. The van der Waals surface area contributed by atoms with Crippen LogP contribution < -0.4 is 10.3 Å². The van der Waals surface area contributed by atoms with Gasteiger partial charge in [0.05, 0.1) is 30.4 Å². The lowest BCUT2D eigenvalue weighted by Crippen LogP contribution is -2.22. The van der Waals surface area contributed by atoms with Gasteiger partial charge in [0.2, 0.25) is 5.88 Å². The van der Waals surface area contributed by atoms with Crippen LogP contribution in [-0.2, 0) is 6.54 Å². The molecule has 2 aromatic heterocycles. The van der Waals surface area contributed by atoms with Crippen molar-refractivity contribution in [2.45, 2.75) is 20.4 Å². The van der Waals surface area contributed by atoms with Crippen molar-refractivity contribution < 1.29 is 19.2 Å². The van der Waals surface area contributed by atoms with Crippen molar-refractivity contribution in [3.63, 3.8) is 0 Å². The zero-order chi connectivity index (χ0) is 22.5. The smallest absolute Gasteiger partial charge is 0.300 e. The summed E-state index contributed by atoms with van der Waals surface area (Å²) in [6, 6.07) is 9.09. The molecule has 11 heteroatoms. The Morgan fingerprint density at radius 1 is 1.35 bits per heavy atom. The highest BCUT2D eigenvalue weighted by atomic mass is 16.6. The van der Waals surface area contributed by atoms with Crippen LogP contribution in [0.4, 0.5) is 17.1 Å². The molecule has 158 valence electrons. The lowest BCUT2D eigenvalue weighted by atomic mass is 10.1. The van der Waals surface area contributed by atoms with Crippen molar-refractivity contribution in [1.29, 1.82) is 5.26 Å². The summed E-state index contributed by atoms with van der Waals surface area (Å²) in [6.07, 6.45) is 1.41. The third-order valence-corrected chi connectivity index (χ3v) is 4.38. The average Bonchev–Trinajstić information content (AvgIpc) is 3.25. The van der Waals surface area contributed by atoms with Gasteiger partial charge in [0.15, 0.2) is 11.4 Å². The summed E-state index contributed by atoms with van der Waals surface area (Å²) in [6.45, 7) is 3.36. The minimum atomic E-state index is -0.734. The van der Waals surface area contributed by atoms with E-state index in [1.54, 1.807) is 19.1 Å². The van der Waals surface area contributed by atoms with Crippen molar-refractivity contribution in [3.05, 3.63) is 74.0 Å². The zero-order valence-corrected chi connectivity index (χ0v) is 16.6. The van der Waals surface area contributed by atoms with E-state index >= 15 is 0 Å². The number of pyridine rings is 1. The summed E-state index contributed by atoms with van der Waals surface area (Å²) in [4.78, 5) is 23.7. The van der Waals surface area contributed by atoms with Gasteiger partial charge in [0.25, 0.3) is 11.2 Å². The van der Waals surface area contributed by atoms with Crippen LogP contribution in [-0.4, -0.2) is 21.2 Å². The number of nitriles is 1. The number of furan rings is 1. The molecular weight excluding hydrogens is 406 g/mol. The molecule has 0 atom stereocenters. The number of rotatable bonds is 7. The second-order valence-corrected chi connectivity index (χ2v) is 6.30. The highest BCUT2D eigenvalue weighted by Crippen LogP contribution is 2.33. The maximum absolute atomic E-state index is 12.9. The number of nitrogens with zero attached hydrogens (tertiary/aromatic N) is 5. The summed E-state index contributed by atoms with van der Waals surface area (Å²) in [5.74, 6) is 0.129. The fourth-order valence-electron chi connectivity index (χ4n) is 2.86. The predicted octanol–water partition coefficient (Wildman–Crippen LogP) is 4.10. The molecule has 0 aliphatic rings. The number of hydrogen-bond donors (Lipinski definition) is 1. The molecule has 3 rings (SSSR count). The maximum Gasteiger partial charge on any atom is 0.300 e. The Balaban J connectivity index is 2.11. The van der Waals surface area contributed by atoms with Gasteiger partial charge in [-0.05, 0) is 38.1 Å². The molecule has 0 spiro atoms. The van der Waals surface area contributed by atoms with Gasteiger partial charge in [-0.1, -0.05) is 0 Å². The van der Waals surface area contributed by atoms with E-state index in [9.17, 15) is 25.3 Å². The molecular formula is C20H17N5O6. The first kappa shape index (κ1) is 21.3. The van der Waals surface area contributed by atoms with Gasteiger partial charge in [-0.25, -0.2) is 0 Å². The first-order chi connectivity index (χ1) is 14.9. The van der Waals surface area contributed by atoms with Crippen molar-refractivity contribution in [2.75, 3.05) is 6.61 Å². The number of aromatic nitrogens is 1. The third kappa shape index (κ3) is 4.27. The Morgan fingerprint density at radius 2 is 2.13 bits per heavy atom. The highest BCUT2D eigenvalue weighted by Gasteiger charge is 2.21. The molecule has 0 aliphatic heterocycles. The quantitative estimate of drug-likeness (QED) is 0.340. The average molecular weight is 423 g/mol. The van der Waals surface area contributed by atoms with Gasteiger partial charge in [-0.3, -0.25) is 19.5 Å². The van der Waals surface area contributed by atoms with Crippen molar-refractivity contribution in [1.82, 2.24) is 4.57 Å². The number of nitro groups is 1. The Morgan fingerprint density at radius 3 is 2.74 bits per heavy atom. The molecule has 1 aromatic carbocycles. The molecule has 3 aromatic rings. The molecule has 2 heterocycles. The van der Waals surface area contributed by atoms with E-state index in [2.05, 4.69) is 10.2 Å². The fraction of sp³-hybridized carbons (Fsp3) is 0.200. The van der Waals surface area contributed by atoms with Crippen molar-refractivity contribution in [2.24, 2.45) is 10.2 Å². The molecule has 0 aliphatic carbocycles. The summed E-state index contributed by atoms with van der Waals surface area (Å²) in [5, 5.41) is 39.0. The molecule has 0 amide bonds. The second-order valence-electron chi connectivity index (χ2n) is 6.30. The van der Waals surface area contributed by atoms with Crippen LogP contribution in [0.3, 0.4) is 0 Å². The van der Waals surface area contributed by atoms with E-state index in [1.807, 2.05) is 6.07 Å². The van der Waals surface area contributed by atoms with Crippen molar-refractivity contribution >= 4 is 17.1 Å². The Hall–Kier alpha value is -4.46. The Kier molecular flexibility index (Phi) is 6.11. The Bertz CT molecular complexity index is 1250. The minimum absolute atomic E-state index is 0.0954. The Labute approximate surface area is 175 Å². The molecule has 11 nitrogen and oxygen atoms in total. The topological polar surface area (TPSA) is 156 Å². The molecule has 0 unspecified atom stereocenters. The van der Waals surface area contributed by atoms with Gasteiger partial charge < -0.3 is 14.3 Å². The first-order valence-electron chi connectivity index (χ1n) is 9.09. The number of hydrogen-bond acceptors (Lipinski definition) is 9. The van der Waals surface area contributed by atoms with E-state index in [-0.39, 0.29) is 34.7 Å². The normalized spacial score (nSPS) is 10.9. The summed E-state index contributed by atoms with van der Waals surface area (Å²) in [7, 11) is 0. The van der Waals surface area contributed by atoms with Crippen LogP contribution in [0.25, 0.3) is 0 Å². The molecule has 0 saturated carbocycles. The SMILES string of the molecule is CCOc1ccc(N=Nc2c(C)c(C#N)c(O)n(Cc3ccco3)c2=O)c([N+](=O)[O-])c1. The fourth-order valence-corrected chi connectivity index (χ4v) is 2.86. The monoisotopic (exact) mass is 423 g/mol. The second kappa shape index (κ2) is 8.91. The van der Waals surface area contributed by atoms with Gasteiger partial charge in [0, 0.05) is 5.56 Å². The molecule has 31 heavy (non-hydrogen) atoms. The van der Waals surface area contributed by atoms with Crippen LogP contribution in [0.1, 0.15) is 23.8 Å². The van der Waals surface area contributed by atoms with Crippen LogP contribution in [0.5, 0.6) is 11.6 Å². The maximum atomic E-state index is 12.9. The summed E-state index contributed by atoms with van der Waals surface area (Å²) >= 11 is 0. The number of aromatic hydroxyl groups is 1. The molecule has 0 radical (unpaired) electrons. The first-order valence-corrected chi connectivity index (χ1v) is 9.09. The van der Waals surface area contributed by atoms with Gasteiger partial charge >= 0.3 is 0 Å². The van der Waals surface area contributed by atoms with Crippen LogP contribution >= 0.6 is 0 Å². The van der Waals surface area contributed by atoms with Crippen LogP contribution in [0.2, 0.25) is 0 Å². The lowest BCUT2D eigenvalue weighted by molar-refractivity contribution is -0.384. The minimum Gasteiger partial charge on any atom is -0.494 e. The number of ether oxygens (including phenoxy) is 1. The van der Waals surface area contributed by atoms with Gasteiger partial charge in [0.1, 0.15) is 23.1 Å². The zero-order valence-electron chi connectivity index (χ0n) is 16.6. The summed E-state index contributed by atoms with van der Waals surface area (Å²) < 4.78 is 11.4. The lowest BCUT2D eigenvalue weighted by Gasteiger charge is -2.11. The van der Waals surface area contributed by atoms with Gasteiger partial charge in [-0.15, -0.1) is 10.2 Å². The van der Waals surface area contributed by atoms with E-state index in [4.69, 9.17) is 9.15 Å². The third-order valence-electron chi connectivity index (χ3n) is 4.38. The van der Waals surface area contributed by atoms with Crippen LogP contribution in [0.15, 0.2) is 56.0 Å². The van der Waals surface area contributed by atoms with Crippen molar-refractivity contribution in [3.8, 4) is 17.7 Å². The number of nitro benzene ring substituents is 1. The van der Waals surface area contributed by atoms with E-state index in [1.165, 1.54) is 31.4 Å². The molecule has 1 N–H and O–H groups in total. The van der Waals surface area contributed by atoms with E-state index in [0.717, 1.165) is 4.57 Å². The molecule has 0 bridgehead atoms. The number of azo groups is 1. The molecule has 0 saturated heterocycles. The van der Waals surface area contributed by atoms with E-state index in [0.29, 0.717) is 18.1 Å². The number of benzene rings is 1.